The highest BCUT2D eigenvalue weighted by Crippen LogP contribution is 2.31. The Morgan fingerprint density at radius 2 is 1.96 bits per heavy atom. The fourth-order valence-corrected chi connectivity index (χ4v) is 3.48. The summed E-state index contributed by atoms with van der Waals surface area (Å²) < 4.78 is 43.8. The first-order valence-electron chi connectivity index (χ1n) is 9.02. The molecule has 2 heterocycles. The predicted octanol–water partition coefficient (Wildman–Crippen LogP) is 0.918. The first-order valence-corrected chi connectivity index (χ1v) is 9.02. The number of morpholine rings is 1. The summed E-state index contributed by atoms with van der Waals surface area (Å²) in [7, 11) is 0. The Labute approximate surface area is 155 Å². The number of β-amino-alcohol motifs (C(OH)–C–C–N with tert-alkyl or cyclic N) is 1. The smallest absolute Gasteiger partial charge is 0.392 e. The van der Waals surface area contributed by atoms with Gasteiger partial charge < -0.3 is 20.5 Å². The molecule has 0 spiro atoms. The van der Waals surface area contributed by atoms with Crippen LogP contribution in [0.3, 0.4) is 0 Å². The first kappa shape index (κ1) is 20.1. The molecule has 0 bridgehead atoms. The number of aliphatic hydroxyl groups is 1. The molecule has 1 amide bonds. The molecule has 3 atom stereocenters. The topological polar surface area (TPSA) is 73.8 Å². The second kappa shape index (κ2) is 8.55. The number of nitrogens with zero attached hydrogens (tertiary/aromatic N) is 1. The average Bonchev–Trinajstić information content (AvgIpc) is 3.09. The maximum Gasteiger partial charge on any atom is 0.416 e. The normalized spacial score (nSPS) is 25.3. The summed E-state index contributed by atoms with van der Waals surface area (Å²) in [6.07, 6.45) is -4.56. The number of aliphatic hydroxyl groups excluding tert-OH is 1. The number of halogens is 3. The van der Waals surface area contributed by atoms with E-state index in [1.165, 1.54) is 12.1 Å². The molecule has 9 heteroatoms. The molecule has 2 aliphatic heterocycles. The average molecular weight is 387 g/mol. The SMILES string of the molecule is O=C(NC[C@H](c1ccc(C(F)(F)F)cc1)N1CCOCC1)[C@H]1C[C@H](O)CN1. The van der Waals surface area contributed by atoms with Crippen LogP contribution in [0.1, 0.15) is 23.6 Å². The molecule has 6 nitrogen and oxygen atoms in total. The molecular weight excluding hydrogens is 363 g/mol. The highest BCUT2D eigenvalue weighted by atomic mass is 19.4. The highest BCUT2D eigenvalue weighted by Gasteiger charge is 2.32. The van der Waals surface area contributed by atoms with E-state index in [0.29, 0.717) is 44.8 Å². The van der Waals surface area contributed by atoms with Crippen molar-refractivity contribution in [2.75, 3.05) is 39.4 Å². The number of carbonyl (C=O) groups is 1. The molecule has 3 N–H and O–H groups in total. The van der Waals surface area contributed by atoms with Gasteiger partial charge in [-0.1, -0.05) is 12.1 Å². The third-order valence-electron chi connectivity index (χ3n) is 5.00. The van der Waals surface area contributed by atoms with Crippen LogP contribution >= 0.6 is 0 Å². The minimum atomic E-state index is -4.38. The Balaban J connectivity index is 1.70. The summed E-state index contributed by atoms with van der Waals surface area (Å²) in [5.74, 6) is -0.211. The monoisotopic (exact) mass is 387 g/mol. The van der Waals surface area contributed by atoms with Gasteiger partial charge in [-0.2, -0.15) is 13.2 Å². The minimum absolute atomic E-state index is 0.211. The van der Waals surface area contributed by atoms with Crippen molar-refractivity contribution in [3.63, 3.8) is 0 Å². The fourth-order valence-electron chi connectivity index (χ4n) is 3.48. The van der Waals surface area contributed by atoms with Crippen molar-refractivity contribution < 1.29 is 27.8 Å². The maximum absolute atomic E-state index is 12.8. The molecule has 0 aromatic heterocycles. The third-order valence-corrected chi connectivity index (χ3v) is 5.00. The van der Waals surface area contributed by atoms with Crippen LogP contribution in [-0.4, -0.2) is 67.5 Å². The number of rotatable bonds is 5. The lowest BCUT2D eigenvalue weighted by Gasteiger charge is -2.35. The van der Waals surface area contributed by atoms with Crippen LogP contribution < -0.4 is 10.6 Å². The molecule has 1 aromatic rings. The summed E-state index contributed by atoms with van der Waals surface area (Å²) in [4.78, 5) is 14.4. The van der Waals surface area contributed by atoms with Gasteiger partial charge in [0.1, 0.15) is 0 Å². The minimum Gasteiger partial charge on any atom is -0.392 e. The van der Waals surface area contributed by atoms with E-state index in [4.69, 9.17) is 4.74 Å². The van der Waals surface area contributed by atoms with Crippen LogP contribution in [0.4, 0.5) is 13.2 Å². The van der Waals surface area contributed by atoms with Crippen molar-refractivity contribution in [1.29, 1.82) is 0 Å². The molecule has 2 saturated heterocycles. The molecule has 0 radical (unpaired) electrons. The van der Waals surface area contributed by atoms with Gasteiger partial charge in [0.25, 0.3) is 0 Å². The van der Waals surface area contributed by atoms with Crippen LogP contribution in [0, 0.1) is 0 Å². The summed E-state index contributed by atoms with van der Waals surface area (Å²) in [6, 6.07) is 4.38. The quantitative estimate of drug-likeness (QED) is 0.701. The van der Waals surface area contributed by atoms with Crippen LogP contribution in [0.5, 0.6) is 0 Å². The maximum atomic E-state index is 12.8. The molecule has 27 heavy (non-hydrogen) atoms. The number of alkyl halides is 3. The van der Waals surface area contributed by atoms with Gasteiger partial charge >= 0.3 is 6.18 Å². The molecule has 2 fully saturated rings. The van der Waals surface area contributed by atoms with E-state index >= 15 is 0 Å². The van der Waals surface area contributed by atoms with Gasteiger partial charge in [-0.15, -0.1) is 0 Å². The molecule has 0 aliphatic carbocycles. The van der Waals surface area contributed by atoms with E-state index in [9.17, 15) is 23.1 Å². The van der Waals surface area contributed by atoms with E-state index < -0.39 is 23.9 Å². The van der Waals surface area contributed by atoms with Gasteiger partial charge in [0.15, 0.2) is 0 Å². The summed E-state index contributed by atoms with van der Waals surface area (Å²) >= 11 is 0. The Kier molecular flexibility index (Phi) is 6.36. The van der Waals surface area contributed by atoms with Crippen LogP contribution in [0.2, 0.25) is 0 Å². The van der Waals surface area contributed by atoms with E-state index in [0.717, 1.165) is 12.1 Å². The van der Waals surface area contributed by atoms with Crippen molar-refractivity contribution in [3.8, 4) is 0 Å². The highest BCUT2D eigenvalue weighted by molar-refractivity contribution is 5.82. The second-order valence-corrected chi connectivity index (χ2v) is 6.88. The Hall–Kier alpha value is -1.68. The zero-order valence-electron chi connectivity index (χ0n) is 14.8. The van der Waals surface area contributed by atoms with E-state index in [1.54, 1.807) is 0 Å². The van der Waals surface area contributed by atoms with Crippen LogP contribution in [0.25, 0.3) is 0 Å². The van der Waals surface area contributed by atoms with E-state index in [-0.39, 0.29) is 18.5 Å². The number of hydrogen-bond acceptors (Lipinski definition) is 5. The number of benzene rings is 1. The lowest BCUT2D eigenvalue weighted by atomic mass is 10.0. The zero-order chi connectivity index (χ0) is 19.4. The van der Waals surface area contributed by atoms with Crippen molar-refractivity contribution >= 4 is 5.91 Å². The van der Waals surface area contributed by atoms with Crippen molar-refractivity contribution in [2.45, 2.75) is 30.8 Å². The van der Waals surface area contributed by atoms with Crippen LogP contribution in [-0.2, 0) is 15.7 Å². The van der Waals surface area contributed by atoms with Gasteiger partial charge in [-0.25, -0.2) is 0 Å². The zero-order valence-corrected chi connectivity index (χ0v) is 14.8. The summed E-state index contributed by atoms with van der Waals surface area (Å²) in [5.41, 5.74) is 0.0183. The van der Waals surface area contributed by atoms with Gasteiger partial charge in [0.2, 0.25) is 5.91 Å². The predicted molar refractivity (Wildman–Crippen MR) is 92.0 cm³/mol. The fraction of sp³-hybridized carbons (Fsp3) is 0.611. The summed E-state index contributed by atoms with van der Waals surface area (Å²) in [6.45, 7) is 3.02. The molecule has 0 unspecified atom stereocenters. The Bertz CT molecular complexity index is 633. The van der Waals surface area contributed by atoms with Crippen molar-refractivity contribution in [1.82, 2.24) is 15.5 Å². The molecule has 150 valence electrons. The standard InChI is InChI=1S/C18H24F3N3O3/c19-18(20,21)13-3-1-12(2-4-13)16(24-5-7-27-8-6-24)11-23-17(26)15-9-14(25)10-22-15/h1-4,14-16,22,25H,5-11H2,(H,23,26)/t14-,15+,16+/m0/s1. The second-order valence-electron chi connectivity index (χ2n) is 6.88. The molecular formula is C18H24F3N3O3. The number of nitrogens with one attached hydrogen (secondary N) is 2. The lowest BCUT2D eigenvalue weighted by molar-refractivity contribution is -0.137. The van der Waals surface area contributed by atoms with E-state index in [2.05, 4.69) is 15.5 Å². The Morgan fingerprint density at radius 1 is 1.30 bits per heavy atom. The number of carbonyl (C=O) groups excluding carboxylic acids is 1. The lowest BCUT2D eigenvalue weighted by Crippen LogP contribution is -2.47. The van der Waals surface area contributed by atoms with Gasteiger partial charge in [-0.3, -0.25) is 9.69 Å². The number of amides is 1. The number of hydrogen-bond donors (Lipinski definition) is 3. The first-order chi connectivity index (χ1) is 12.8. The van der Waals surface area contributed by atoms with E-state index in [1.807, 2.05) is 0 Å². The van der Waals surface area contributed by atoms with Crippen LogP contribution in [0.15, 0.2) is 24.3 Å². The molecule has 0 saturated carbocycles. The third kappa shape index (κ3) is 5.19. The van der Waals surface area contributed by atoms with Crippen molar-refractivity contribution in [3.05, 3.63) is 35.4 Å². The molecule has 3 rings (SSSR count). The molecule has 1 aromatic carbocycles. The summed E-state index contributed by atoms with van der Waals surface area (Å²) in [5, 5.41) is 15.4. The number of ether oxygens (including phenoxy) is 1. The van der Waals surface area contributed by atoms with Crippen molar-refractivity contribution in [2.24, 2.45) is 0 Å². The van der Waals surface area contributed by atoms with Gasteiger partial charge in [0.05, 0.1) is 37.0 Å². The van der Waals surface area contributed by atoms with Gasteiger partial charge in [0, 0.05) is 26.2 Å². The largest absolute Gasteiger partial charge is 0.416 e. The molecule has 2 aliphatic rings. The Morgan fingerprint density at radius 3 is 2.52 bits per heavy atom. The van der Waals surface area contributed by atoms with Gasteiger partial charge in [-0.05, 0) is 24.1 Å².